The molecule has 7 nitrogen and oxygen atoms in total. The molecule has 0 aliphatic carbocycles. The molecule has 1 aromatic rings. The van der Waals surface area contributed by atoms with Crippen molar-refractivity contribution in [2.24, 2.45) is 5.90 Å². The number of sulfonamides is 1. The van der Waals surface area contributed by atoms with E-state index in [0.717, 1.165) is 24.1 Å². The molecular weight excluding hydrogens is 294 g/mol. The number of nitrogens with one attached hydrogen (secondary N) is 1. The minimum atomic E-state index is -3.59. The molecule has 1 amide bonds. The number of benzene rings is 1. The van der Waals surface area contributed by atoms with Crippen LogP contribution in [0.4, 0.5) is 5.69 Å². The van der Waals surface area contributed by atoms with Crippen LogP contribution in [0.5, 0.6) is 0 Å². The predicted octanol–water partition coefficient (Wildman–Crippen LogP) is 0.154. The second-order valence-electron chi connectivity index (χ2n) is 4.83. The highest BCUT2D eigenvalue weighted by atomic mass is 32.2. The summed E-state index contributed by atoms with van der Waals surface area (Å²) >= 11 is 0. The van der Waals surface area contributed by atoms with Crippen LogP contribution in [0.15, 0.2) is 23.1 Å². The minimum Gasteiger partial charge on any atom is -0.312 e. The third-order valence-electron chi connectivity index (χ3n) is 3.37. The Hall–Kier alpha value is -1.48. The van der Waals surface area contributed by atoms with Crippen molar-refractivity contribution in [3.05, 3.63) is 23.8 Å². The maximum absolute atomic E-state index is 12.1. The first kappa shape index (κ1) is 15.9. The first-order chi connectivity index (χ1) is 9.95. The van der Waals surface area contributed by atoms with Crippen LogP contribution in [0.2, 0.25) is 0 Å². The van der Waals surface area contributed by atoms with Gasteiger partial charge in [0.25, 0.3) is 0 Å². The number of hydrogen-bond acceptors (Lipinski definition) is 5. The highest BCUT2D eigenvalue weighted by Crippen LogP contribution is 2.29. The molecule has 0 fully saturated rings. The molecule has 0 aromatic heterocycles. The summed E-state index contributed by atoms with van der Waals surface area (Å²) in [5.41, 5.74) is 1.66. The molecule has 0 saturated heterocycles. The van der Waals surface area contributed by atoms with E-state index in [4.69, 9.17) is 5.90 Å². The van der Waals surface area contributed by atoms with Gasteiger partial charge in [-0.1, -0.05) is 0 Å². The van der Waals surface area contributed by atoms with Crippen molar-refractivity contribution in [2.45, 2.75) is 24.7 Å². The summed E-state index contributed by atoms with van der Waals surface area (Å²) in [6, 6.07) is 4.81. The molecule has 0 radical (unpaired) electrons. The van der Waals surface area contributed by atoms with Gasteiger partial charge in [-0.3, -0.25) is 4.79 Å². The fourth-order valence-electron chi connectivity index (χ4n) is 2.39. The Labute approximate surface area is 124 Å². The number of carbonyl (C=O) groups is 1. The minimum absolute atomic E-state index is 0.0372. The van der Waals surface area contributed by atoms with Crippen LogP contribution in [-0.4, -0.2) is 34.0 Å². The van der Waals surface area contributed by atoms with Gasteiger partial charge in [-0.25, -0.2) is 19.0 Å². The molecule has 1 aromatic carbocycles. The average molecular weight is 313 g/mol. The van der Waals surface area contributed by atoms with E-state index < -0.39 is 10.0 Å². The van der Waals surface area contributed by atoms with E-state index in [2.05, 4.69) is 9.56 Å². The van der Waals surface area contributed by atoms with Crippen molar-refractivity contribution < 1.29 is 18.0 Å². The van der Waals surface area contributed by atoms with Crippen LogP contribution < -0.4 is 15.5 Å². The van der Waals surface area contributed by atoms with Crippen LogP contribution >= 0.6 is 0 Å². The van der Waals surface area contributed by atoms with Gasteiger partial charge in [0.2, 0.25) is 15.9 Å². The summed E-state index contributed by atoms with van der Waals surface area (Å²) in [6.07, 6.45) is 1.58. The zero-order valence-corrected chi connectivity index (χ0v) is 12.6. The Balaban J connectivity index is 2.27. The first-order valence-electron chi connectivity index (χ1n) is 6.68. The van der Waals surface area contributed by atoms with E-state index in [1.54, 1.807) is 17.0 Å². The molecule has 0 unspecified atom stereocenters. The molecule has 0 atom stereocenters. The third kappa shape index (κ3) is 3.59. The number of nitrogens with two attached hydrogens (primary N) is 1. The third-order valence-corrected chi connectivity index (χ3v) is 4.83. The number of fused-ring (bicyclic) bond motifs is 1. The van der Waals surface area contributed by atoms with Crippen LogP contribution in [0.25, 0.3) is 0 Å². The maximum atomic E-state index is 12.1. The smallest absolute Gasteiger partial charge is 0.240 e. The second-order valence-corrected chi connectivity index (χ2v) is 6.60. The fourth-order valence-corrected chi connectivity index (χ4v) is 3.45. The van der Waals surface area contributed by atoms with Gasteiger partial charge in [0, 0.05) is 25.7 Å². The largest absolute Gasteiger partial charge is 0.312 e. The lowest BCUT2D eigenvalue weighted by molar-refractivity contribution is -0.116. The van der Waals surface area contributed by atoms with E-state index in [1.165, 1.54) is 13.0 Å². The SMILES string of the molecule is CC(=O)N1CCCc2cc(S(=O)(=O)NCCON)ccc21. The number of amides is 1. The monoisotopic (exact) mass is 313 g/mol. The van der Waals surface area contributed by atoms with E-state index >= 15 is 0 Å². The predicted molar refractivity (Wildman–Crippen MR) is 78.1 cm³/mol. The number of anilines is 1. The van der Waals surface area contributed by atoms with Crippen molar-refractivity contribution in [1.29, 1.82) is 0 Å². The van der Waals surface area contributed by atoms with Crippen molar-refractivity contribution in [3.8, 4) is 0 Å². The van der Waals surface area contributed by atoms with Crippen molar-refractivity contribution in [2.75, 3.05) is 24.6 Å². The van der Waals surface area contributed by atoms with Gasteiger partial charge >= 0.3 is 0 Å². The van der Waals surface area contributed by atoms with E-state index in [9.17, 15) is 13.2 Å². The Kier molecular flexibility index (Phi) is 4.94. The van der Waals surface area contributed by atoms with Gasteiger partial charge < -0.3 is 9.74 Å². The average Bonchev–Trinajstić information content (AvgIpc) is 2.46. The molecule has 0 spiro atoms. The molecule has 1 aliphatic heterocycles. The molecule has 1 heterocycles. The summed E-state index contributed by atoms with van der Waals surface area (Å²) < 4.78 is 26.6. The molecule has 3 N–H and O–H groups in total. The highest BCUT2D eigenvalue weighted by molar-refractivity contribution is 7.89. The molecule has 8 heteroatoms. The van der Waals surface area contributed by atoms with Crippen LogP contribution in [0, 0.1) is 0 Å². The number of aryl methyl sites for hydroxylation is 1. The van der Waals surface area contributed by atoms with Gasteiger partial charge in [0.15, 0.2) is 0 Å². The van der Waals surface area contributed by atoms with Gasteiger partial charge in [0.1, 0.15) is 0 Å². The normalized spacial score (nSPS) is 14.9. The molecule has 116 valence electrons. The number of carbonyl (C=O) groups excluding carboxylic acids is 1. The summed E-state index contributed by atoms with van der Waals surface area (Å²) in [7, 11) is -3.59. The lowest BCUT2D eigenvalue weighted by atomic mass is 10.0. The van der Waals surface area contributed by atoms with E-state index in [1.807, 2.05) is 0 Å². The van der Waals surface area contributed by atoms with Crippen LogP contribution in [0.1, 0.15) is 18.9 Å². The lowest BCUT2D eigenvalue weighted by Gasteiger charge is -2.28. The van der Waals surface area contributed by atoms with Crippen molar-refractivity contribution in [1.82, 2.24) is 4.72 Å². The van der Waals surface area contributed by atoms with Crippen LogP contribution in [-0.2, 0) is 26.1 Å². The standard InChI is InChI=1S/C13H19N3O4S/c1-10(17)16-7-2-3-11-9-12(4-5-13(11)16)21(18,19)15-6-8-20-14/h4-5,9,15H,2-3,6-8,14H2,1H3. The quantitative estimate of drug-likeness (QED) is 0.595. The Morgan fingerprint density at radius 1 is 1.48 bits per heavy atom. The number of hydrogen-bond donors (Lipinski definition) is 2. The summed E-state index contributed by atoms with van der Waals surface area (Å²) in [5, 5.41) is 0. The van der Waals surface area contributed by atoms with Crippen LogP contribution in [0.3, 0.4) is 0 Å². The zero-order valence-electron chi connectivity index (χ0n) is 11.8. The highest BCUT2D eigenvalue weighted by Gasteiger charge is 2.22. The van der Waals surface area contributed by atoms with Crippen molar-refractivity contribution in [3.63, 3.8) is 0 Å². The molecular formula is C13H19N3O4S. The summed E-state index contributed by atoms with van der Waals surface area (Å²) in [6.45, 7) is 2.38. The Bertz CT molecular complexity index is 630. The zero-order chi connectivity index (χ0) is 15.5. The summed E-state index contributed by atoms with van der Waals surface area (Å²) in [4.78, 5) is 17.8. The van der Waals surface area contributed by atoms with Crippen molar-refractivity contribution >= 4 is 21.6 Å². The Morgan fingerprint density at radius 2 is 2.24 bits per heavy atom. The summed E-state index contributed by atoms with van der Waals surface area (Å²) in [5.74, 6) is 4.82. The molecule has 0 bridgehead atoms. The van der Waals surface area contributed by atoms with E-state index in [0.29, 0.717) is 6.54 Å². The van der Waals surface area contributed by atoms with Gasteiger partial charge in [-0.2, -0.15) is 0 Å². The number of nitrogens with zero attached hydrogens (tertiary/aromatic N) is 1. The topological polar surface area (TPSA) is 102 Å². The second kappa shape index (κ2) is 6.52. The molecule has 1 aliphatic rings. The van der Waals surface area contributed by atoms with Gasteiger partial charge in [0.05, 0.1) is 11.5 Å². The first-order valence-corrected chi connectivity index (χ1v) is 8.16. The van der Waals surface area contributed by atoms with Gasteiger partial charge in [-0.15, -0.1) is 0 Å². The molecule has 21 heavy (non-hydrogen) atoms. The fraction of sp³-hybridized carbons (Fsp3) is 0.462. The molecule has 0 saturated carbocycles. The van der Waals surface area contributed by atoms with Gasteiger partial charge in [-0.05, 0) is 36.6 Å². The Morgan fingerprint density at radius 3 is 2.90 bits per heavy atom. The lowest BCUT2D eigenvalue weighted by Crippen LogP contribution is -2.34. The number of rotatable bonds is 5. The van der Waals surface area contributed by atoms with E-state index in [-0.39, 0.29) is 24.0 Å². The molecule has 2 rings (SSSR count). The maximum Gasteiger partial charge on any atom is 0.240 e.